The number of nitrogens with one attached hydrogen (secondary N) is 1. The van der Waals surface area contributed by atoms with Crippen LogP contribution in [0.1, 0.15) is 35.2 Å². The van der Waals surface area contributed by atoms with Gasteiger partial charge in [0.05, 0.1) is 11.6 Å². The summed E-state index contributed by atoms with van der Waals surface area (Å²) in [5.41, 5.74) is 3.95. The Hall–Kier alpha value is -3.16. The van der Waals surface area contributed by atoms with Gasteiger partial charge in [-0.25, -0.2) is 0 Å². The standard InChI is InChI=1S/C22H21N3O/c1-17(21-8-4-10-24-15-21)25-14-19-6-3-9-22(12-19)26-16-20-7-2-5-18(11-20)13-23/h2-12,15,17,25H,14,16H2,1H3. The lowest BCUT2D eigenvalue weighted by atomic mass is 10.1. The van der Waals surface area contributed by atoms with Crippen LogP contribution in [0.25, 0.3) is 0 Å². The number of aromatic nitrogens is 1. The highest BCUT2D eigenvalue weighted by Crippen LogP contribution is 2.17. The van der Waals surface area contributed by atoms with Gasteiger partial charge in [-0.05, 0) is 53.9 Å². The second kappa shape index (κ2) is 8.80. The fourth-order valence-electron chi connectivity index (χ4n) is 2.66. The molecule has 0 aliphatic carbocycles. The van der Waals surface area contributed by atoms with Crippen LogP contribution in [0.5, 0.6) is 5.75 Å². The summed E-state index contributed by atoms with van der Waals surface area (Å²) in [4.78, 5) is 4.16. The number of hydrogen-bond acceptors (Lipinski definition) is 4. The fourth-order valence-corrected chi connectivity index (χ4v) is 2.66. The Morgan fingerprint density at radius 3 is 2.73 bits per heavy atom. The quantitative estimate of drug-likeness (QED) is 0.691. The monoisotopic (exact) mass is 343 g/mol. The first kappa shape index (κ1) is 17.7. The van der Waals surface area contributed by atoms with Crippen molar-refractivity contribution < 1.29 is 4.74 Å². The summed E-state index contributed by atoms with van der Waals surface area (Å²) in [6, 6.07) is 21.9. The van der Waals surface area contributed by atoms with Crippen LogP contribution in [0.2, 0.25) is 0 Å². The van der Waals surface area contributed by atoms with Crippen molar-refractivity contribution in [3.8, 4) is 11.8 Å². The summed E-state index contributed by atoms with van der Waals surface area (Å²) >= 11 is 0. The Morgan fingerprint density at radius 1 is 1.08 bits per heavy atom. The Bertz CT molecular complexity index is 887. The Morgan fingerprint density at radius 2 is 1.92 bits per heavy atom. The molecule has 3 aromatic rings. The van der Waals surface area contributed by atoms with Crippen LogP contribution in [0.15, 0.2) is 73.1 Å². The molecule has 1 unspecified atom stereocenters. The van der Waals surface area contributed by atoms with Gasteiger partial charge >= 0.3 is 0 Å². The highest BCUT2D eigenvalue weighted by Gasteiger charge is 2.05. The minimum absolute atomic E-state index is 0.224. The maximum Gasteiger partial charge on any atom is 0.120 e. The normalized spacial score (nSPS) is 11.5. The van der Waals surface area contributed by atoms with E-state index in [1.54, 1.807) is 12.3 Å². The van der Waals surface area contributed by atoms with Gasteiger partial charge in [-0.3, -0.25) is 4.98 Å². The lowest BCUT2D eigenvalue weighted by Crippen LogP contribution is -2.18. The van der Waals surface area contributed by atoms with Crippen molar-refractivity contribution >= 4 is 0 Å². The zero-order valence-corrected chi connectivity index (χ0v) is 14.7. The van der Waals surface area contributed by atoms with Gasteiger partial charge in [0.25, 0.3) is 0 Å². The lowest BCUT2D eigenvalue weighted by molar-refractivity contribution is 0.306. The number of nitriles is 1. The van der Waals surface area contributed by atoms with Gasteiger partial charge in [0.1, 0.15) is 12.4 Å². The molecule has 1 atom stereocenters. The van der Waals surface area contributed by atoms with Crippen LogP contribution < -0.4 is 10.1 Å². The van der Waals surface area contributed by atoms with Crippen molar-refractivity contribution in [1.82, 2.24) is 10.3 Å². The van der Waals surface area contributed by atoms with E-state index in [0.717, 1.165) is 29.0 Å². The number of nitrogens with zero attached hydrogens (tertiary/aromatic N) is 2. The summed E-state index contributed by atoms with van der Waals surface area (Å²) in [5, 5.41) is 12.5. The zero-order valence-electron chi connectivity index (χ0n) is 14.7. The predicted molar refractivity (Wildman–Crippen MR) is 101 cm³/mol. The number of rotatable bonds is 7. The molecule has 0 aliphatic heterocycles. The van der Waals surface area contributed by atoms with E-state index in [2.05, 4.69) is 35.4 Å². The molecule has 3 rings (SSSR count). The number of benzene rings is 2. The second-order valence-electron chi connectivity index (χ2n) is 6.14. The minimum Gasteiger partial charge on any atom is -0.489 e. The molecule has 0 radical (unpaired) electrons. The van der Waals surface area contributed by atoms with E-state index in [0.29, 0.717) is 12.2 Å². The summed E-state index contributed by atoms with van der Waals surface area (Å²) in [7, 11) is 0. The Balaban J connectivity index is 1.57. The number of hydrogen-bond donors (Lipinski definition) is 1. The first-order valence-corrected chi connectivity index (χ1v) is 8.58. The summed E-state index contributed by atoms with van der Waals surface area (Å²) in [6.07, 6.45) is 3.66. The molecule has 0 saturated heterocycles. The summed E-state index contributed by atoms with van der Waals surface area (Å²) in [5.74, 6) is 0.820. The van der Waals surface area contributed by atoms with Gasteiger partial charge in [-0.1, -0.05) is 30.3 Å². The number of ether oxygens (including phenoxy) is 1. The molecule has 4 nitrogen and oxygen atoms in total. The maximum absolute atomic E-state index is 8.97. The van der Waals surface area contributed by atoms with E-state index >= 15 is 0 Å². The molecular formula is C22H21N3O. The van der Waals surface area contributed by atoms with Crippen LogP contribution in [0.3, 0.4) is 0 Å². The van der Waals surface area contributed by atoms with Gasteiger partial charge in [-0.15, -0.1) is 0 Å². The van der Waals surface area contributed by atoms with Crippen LogP contribution in [-0.2, 0) is 13.2 Å². The molecule has 1 N–H and O–H groups in total. The van der Waals surface area contributed by atoms with Crippen molar-refractivity contribution in [3.05, 3.63) is 95.3 Å². The zero-order chi connectivity index (χ0) is 18.2. The van der Waals surface area contributed by atoms with Crippen molar-refractivity contribution in [3.63, 3.8) is 0 Å². The number of pyridine rings is 1. The molecule has 4 heteroatoms. The Kier molecular flexibility index (Phi) is 5.97. The van der Waals surface area contributed by atoms with Crippen LogP contribution in [-0.4, -0.2) is 4.98 Å². The van der Waals surface area contributed by atoms with E-state index in [9.17, 15) is 0 Å². The van der Waals surface area contributed by atoms with Gasteiger partial charge in [-0.2, -0.15) is 5.26 Å². The van der Waals surface area contributed by atoms with Crippen molar-refractivity contribution in [2.75, 3.05) is 0 Å². The maximum atomic E-state index is 8.97. The third-order valence-corrected chi connectivity index (χ3v) is 4.16. The molecule has 0 spiro atoms. The van der Waals surface area contributed by atoms with Gasteiger partial charge in [0.15, 0.2) is 0 Å². The molecule has 0 aliphatic rings. The molecule has 0 fully saturated rings. The molecule has 0 saturated carbocycles. The molecule has 26 heavy (non-hydrogen) atoms. The summed E-state index contributed by atoms with van der Waals surface area (Å²) < 4.78 is 5.88. The van der Waals surface area contributed by atoms with Crippen LogP contribution in [0, 0.1) is 11.3 Å². The van der Waals surface area contributed by atoms with Gasteiger partial charge in [0.2, 0.25) is 0 Å². The topological polar surface area (TPSA) is 57.9 Å². The molecular weight excluding hydrogens is 322 g/mol. The highest BCUT2D eigenvalue weighted by atomic mass is 16.5. The molecule has 0 bridgehead atoms. The minimum atomic E-state index is 0.224. The van der Waals surface area contributed by atoms with Crippen molar-refractivity contribution in [2.24, 2.45) is 0 Å². The SMILES string of the molecule is CC(NCc1cccc(OCc2cccc(C#N)c2)c1)c1cccnc1. The average Bonchev–Trinajstić information content (AvgIpc) is 2.71. The second-order valence-corrected chi connectivity index (χ2v) is 6.14. The third kappa shape index (κ3) is 4.92. The van der Waals surface area contributed by atoms with Crippen LogP contribution >= 0.6 is 0 Å². The largest absolute Gasteiger partial charge is 0.489 e. The Labute approximate surface area is 154 Å². The third-order valence-electron chi connectivity index (χ3n) is 4.16. The van der Waals surface area contributed by atoms with Crippen molar-refractivity contribution in [2.45, 2.75) is 26.1 Å². The molecule has 130 valence electrons. The molecule has 1 aromatic heterocycles. The van der Waals surface area contributed by atoms with Gasteiger partial charge in [0, 0.05) is 25.0 Å². The average molecular weight is 343 g/mol. The van der Waals surface area contributed by atoms with Crippen molar-refractivity contribution in [1.29, 1.82) is 5.26 Å². The van der Waals surface area contributed by atoms with Gasteiger partial charge < -0.3 is 10.1 Å². The lowest BCUT2D eigenvalue weighted by Gasteiger charge is -2.14. The molecule has 1 heterocycles. The van der Waals surface area contributed by atoms with E-state index in [1.807, 2.05) is 48.7 Å². The molecule has 0 amide bonds. The summed E-state index contributed by atoms with van der Waals surface area (Å²) in [6.45, 7) is 3.31. The van der Waals surface area contributed by atoms with E-state index in [4.69, 9.17) is 10.00 Å². The highest BCUT2D eigenvalue weighted by molar-refractivity contribution is 5.33. The molecule has 2 aromatic carbocycles. The van der Waals surface area contributed by atoms with E-state index in [-0.39, 0.29) is 6.04 Å². The first-order valence-electron chi connectivity index (χ1n) is 8.58. The van der Waals surface area contributed by atoms with E-state index < -0.39 is 0 Å². The first-order chi connectivity index (χ1) is 12.7. The fraction of sp³-hybridized carbons (Fsp3) is 0.182. The van der Waals surface area contributed by atoms with Crippen LogP contribution in [0.4, 0.5) is 0 Å². The van der Waals surface area contributed by atoms with E-state index in [1.165, 1.54) is 0 Å². The predicted octanol–water partition coefficient (Wildman–Crippen LogP) is 4.38. The smallest absolute Gasteiger partial charge is 0.120 e.